The number of carbonyl (C=O) groups is 2. The van der Waals surface area contributed by atoms with Gasteiger partial charge < -0.3 is 15.0 Å². The molecule has 0 aromatic heterocycles. The van der Waals surface area contributed by atoms with Crippen molar-refractivity contribution in [1.82, 2.24) is 5.32 Å². The lowest BCUT2D eigenvalue weighted by molar-refractivity contribution is -0.274. The number of anilines is 1. The largest absolute Gasteiger partial charge is 0.573 e. The van der Waals surface area contributed by atoms with Gasteiger partial charge in [0, 0.05) is 18.3 Å². The van der Waals surface area contributed by atoms with E-state index < -0.39 is 24.1 Å². The first-order valence-corrected chi connectivity index (χ1v) is 6.40. The van der Waals surface area contributed by atoms with Crippen molar-refractivity contribution in [1.29, 1.82) is 0 Å². The summed E-state index contributed by atoms with van der Waals surface area (Å²) in [5.41, 5.74) is 0.280. The SMILES string of the molecule is C=CC(=O)NC1CCN(c2cccc(OC(F)(F)F)c2)C1=O. The van der Waals surface area contributed by atoms with Gasteiger partial charge in [0.25, 0.3) is 0 Å². The van der Waals surface area contributed by atoms with Crippen molar-refractivity contribution in [3.05, 3.63) is 36.9 Å². The van der Waals surface area contributed by atoms with Crippen molar-refractivity contribution in [2.24, 2.45) is 0 Å². The van der Waals surface area contributed by atoms with E-state index in [9.17, 15) is 22.8 Å². The molecule has 0 radical (unpaired) electrons. The highest BCUT2D eigenvalue weighted by Crippen LogP contribution is 2.29. The standard InChI is InChI=1S/C14H13F3N2O3/c1-2-12(20)18-11-6-7-19(13(11)21)9-4-3-5-10(8-9)22-14(15,16)17/h2-5,8,11H,1,6-7H2,(H,18,20). The second-order valence-electron chi connectivity index (χ2n) is 4.59. The maximum absolute atomic E-state index is 12.2. The van der Waals surface area contributed by atoms with Gasteiger partial charge in [-0.05, 0) is 24.6 Å². The molecular formula is C14H13F3N2O3. The van der Waals surface area contributed by atoms with E-state index in [1.54, 1.807) is 0 Å². The second-order valence-corrected chi connectivity index (χ2v) is 4.59. The zero-order valence-electron chi connectivity index (χ0n) is 11.4. The van der Waals surface area contributed by atoms with E-state index in [-0.39, 0.29) is 18.1 Å². The molecule has 1 heterocycles. The Morgan fingerprint density at radius 2 is 2.18 bits per heavy atom. The van der Waals surface area contributed by atoms with Gasteiger partial charge in [0.1, 0.15) is 11.8 Å². The van der Waals surface area contributed by atoms with Crippen LogP contribution < -0.4 is 15.0 Å². The molecule has 1 aromatic rings. The normalized spacial score (nSPS) is 18.2. The Kier molecular flexibility index (Phi) is 4.39. The molecule has 1 aliphatic heterocycles. The minimum absolute atomic E-state index is 0.280. The molecule has 0 spiro atoms. The van der Waals surface area contributed by atoms with Crippen molar-refractivity contribution >= 4 is 17.5 Å². The quantitative estimate of drug-likeness (QED) is 0.865. The molecule has 8 heteroatoms. The average molecular weight is 314 g/mol. The molecule has 1 aromatic carbocycles. The number of carbonyl (C=O) groups excluding carboxylic acids is 2. The third-order valence-corrected chi connectivity index (χ3v) is 3.07. The molecule has 1 N–H and O–H groups in total. The van der Waals surface area contributed by atoms with Crippen molar-refractivity contribution < 1.29 is 27.5 Å². The smallest absolute Gasteiger partial charge is 0.406 e. The highest BCUT2D eigenvalue weighted by atomic mass is 19.4. The summed E-state index contributed by atoms with van der Waals surface area (Å²) in [7, 11) is 0. The Hall–Kier alpha value is -2.51. The molecule has 0 bridgehead atoms. The molecule has 2 rings (SSSR count). The van der Waals surface area contributed by atoms with E-state index in [1.807, 2.05) is 0 Å². The minimum Gasteiger partial charge on any atom is -0.406 e. The Balaban J connectivity index is 2.12. The van der Waals surface area contributed by atoms with Crippen LogP contribution in [0.1, 0.15) is 6.42 Å². The van der Waals surface area contributed by atoms with Crippen LogP contribution in [0.3, 0.4) is 0 Å². The molecule has 1 unspecified atom stereocenters. The summed E-state index contributed by atoms with van der Waals surface area (Å²) in [5, 5.41) is 2.47. The van der Waals surface area contributed by atoms with Gasteiger partial charge >= 0.3 is 6.36 Å². The number of alkyl halides is 3. The van der Waals surface area contributed by atoms with E-state index in [1.165, 1.54) is 17.0 Å². The number of nitrogens with zero attached hydrogens (tertiary/aromatic N) is 1. The van der Waals surface area contributed by atoms with Gasteiger partial charge in [0.15, 0.2) is 0 Å². The second kappa shape index (κ2) is 6.08. The topological polar surface area (TPSA) is 58.6 Å². The molecule has 2 amide bonds. The number of hydrogen-bond acceptors (Lipinski definition) is 3. The number of nitrogens with one attached hydrogen (secondary N) is 1. The van der Waals surface area contributed by atoms with Crippen LogP contribution in [0.5, 0.6) is 5.75 Å². The molecular weight excluding hydrogens is 301 g/mol. The van der Waals surface area contributed by atoms with Gasteiger partial charge in [-0.15, -0.1) is 13.2 Å². The third kappa shape index (κ3) is 3.78. The highest BCUT2D eigenvalue weighted by molar-refractivity contribution is 6.02. The molecule has 1 fully saturated rings. The van der Waals surface area contributed by atoms with Crippen molar-refractivity contribution in [2.45, 2.75) is 18.8 Å². The highest BCUT2D eigenvalue weighted by Gasteiger charge is 2.34. The first-order valence-electron chi connectivity index (χ1n) is 6.40. The summed E-state index contributed by atoms with van der Waals surface area (Å²) in [5.74, 6) is -1.27. The van der Waals surface area contributed by atoms with Crippen LogP contribution in [0.2, 0.25) is 0 Å². The first-order chi connectivity index (χ1) is 10.3. The van der Waals surface area contributed by atoms with E-state index in [0.717, 1.165) is 18.2 Å². The maximum atomic E-state index is 12.2. The number of ether oxygens (including phenoxy) is 1. The van der Waals surface area contributed by atoms with Crippen LogP contribution in [0.15, 0.2) is 36.9 Å². The lowest BCUT2D eigenvalue weighted by atomic mass is 10.2. The minimum atomic E-state index is -4.80. The fourth-order valence-corrected chi connectivity index (χ4v) is 2.15. The summed E-state index contributed by atoms with van der Waals surface area (Å²) in [6, 6.07) is 4.42. The van der Waals surface area contributed by atoms with Gasteiger partial charge in [0.05, 0.1) is 0 Å². The van der Waals surface area contributed by atoms with E-state index in [2.05, 4.69) is 16.6 Å². The van der Waals surface area contributed by atoms with Crippen LogP contribution in [-0.4, -0.2) is 30.8 Å². The molecule has 118 valence electrons. The van der Waals surface area contributed by atoms with Gasteiger partial charge in [-0.2, -0.15) is 0 Å². The van der Waals surface area contributed by atoms with Gasteiger partial charge in [-0.1, -0.05) is 12.6 Å². The number of benzene rings is 1. The lowest BCUT2D eigenvalue weighted by Gasteiger charge is -2.18. The maximum Gasteiger partial charge on any atom is 0.573 e. The van der Waals surface area contributed by atoms with Crippen LogP contribution in [0.4, 0.5) is 18.9 Å². The Morgan fingerprint density at radius 1 is 1.45 bits per heavy atom. The summed E-state index contributed by atoms with van der Waals surface area (Å²) in [6.07, 6.45) is -3.38. The Morgan fingerprint density at radius 3 is 2.82 bits per heavy atom. The fourth-order valence-electron chi connectivity index (χ4n) is 2.15. The predicted molar refractivity (Wildman–Crippen MR) is 72.2 cm³/mol. The monoisotopic (exact) mass is 314 g/mol. The Labute approximate surface area is 124 Å². The van der Waals surface area contributed by atoms with E-state index >= 15 is 0 Å². The molecule has 0 saturated carbocycles. The molecule has 1 atom stereocenters. The zero-order valence-corrected chi connectivity index (χ0v) is 11.4. The number of amides is 2. The summed E-state index contributed by atoms with van der Waals surface area (Å²) in [4.78, 5) is 24.7. The van der Waals surface area contributed by atoms with Crippen molar-refractivity contribution in [2.75, 3.05) is 11.4 Å². The summed E-state index contributed by atoms with van der Waals surface area (Å²) in [6.45, 7) is 3.58. The average Bonchev–Trinajstić information content (AvgIpc) is 2.78. The molecule has 1 aliphatic rings. The Bertz CT molecular complexity index is 601. The molecule has 5 nitrogen and oxygen atoms in total. The third-order valence-electron chi connectivity index (χ3n) is 3.07. The van der Waals surface area contributed by atoms with Gasteiger partial charge in [0.2, 0.25) is 11.8 Å². The first kappa shape index (κ1) is 15.9. The van der Waals surface area contributed by atoms with Crippen LogP contribution in [-0.2, 0) is 9.59 Å². The number of hydrogen-bond donors (Lipinski definition) is 1. The predicted octanol–water partition coefficient (Wildman–Crippen LogP) is 1.99. The van der Waals surface area contributed by atoms with Crippen molar-refractivity contribution in [3.63, 3.8) is 0 Å². The summed E-state index contributed by atoms with van der Waals surface area (Å²) < 4.78 is 40.5. The fraction of sp³-hybridized carbons (Fsp3) is 0.286. The van der Waals surface area contributed by atoms with E-state index in [0.29, 0.717) is 6.42 Å². The lowest BCUT2D eigenvalue weighted by Crippen LogP contribution is -2.40. The molecule has 22 heavy (non-hydrogen) atoms. The van der Waals surface area contributed by atoms with Crippen LogP contribution in [0, 0.1) is 0 Å². The molecule has 0 aliphatic carbocycles. The van der Waals surface area contributed by atoms with Gasteiger partial charge in [-0.25, -0.2) is 0 Å². The zero-order chi connectivity index (χ0) is 16.3. The van der Waals surface area contributed by atoms with Crippen molar-refractivity contribution in [3.8, 4) is 5.75 Å². The number of rotatable bonds is 4. The summed E-state index contributed by atoms with van der Waals surface area (Å²) >= 11 is 0. The van der Waals surface area contributed by atoms with Crippen LogP contribution in [0.25, 0.3) is 0 Å². The van der Waals surface area contributed by atoms with Gasteiger partial charge in [-0.3, -0.25) is 9.59 Å². The number of halogens is 3. The van der Waals surface area contributed by atoms with E-state index in [4.69, 9.17) is 0 Å². The molecule has 1 saturated heterocycles. The van der Waals surface area contributed by atoms with Crippen LogP contribution >= 0.6 is 0 Å².